The van der Waals surface area contributed by atoms with E-state index in [-0.39, 0.29) is 31.1 Å². The second-order valence-electron chi connectivity index (χ2n) is 9.34. The van der Waals surface area contributed by atoms with Gasteiger partial charge in [-0.1, -0.05) is 61.5 Å². The van der Waals surface area contributed by atoms with E-state index in [2.05, 4.69) is 36.5 Å². The Balaban J connectivity index is 1.68. The number of rotatable bonds is 16. The predicted molar refractivity (Wildman–Crippen MR) is 151 cm³/mol. The molecule has 0 bridgehead atoms. The molecule has 3 aromatic rings. The lowest BCUT2D eigenvalue weighted by Gasteiger charge is -2.23. The topological polar surface area (TPSA) is 83.1 Å². The van der Waals surface area contributed by atoms with Gasteiger partial charge in [-0.25, -0.2) is 9.59 Å². The quantitative estimate of drug-likeness (QED) is 0.243. The average Bonchev–Trinajstić information content (AvgIpc) is 2.95. The summed E-state index contributed by atoms with van der Waals surface area (Å²) in [7, 11) is 0. The van der Waals surface area contributed by atoms with Crippen LogP contribution < -0.4 is 14.8 Å². The largest absolute Gasteiger partial charge is 0.482 e. The standard InChI is InChI=1S/C32H39NO6/c1-4-36-31(34)22-38-28-15-11-26(12-16-28)30(19-24(3)20-33-21-25-9-7-6-8-10-25)27-13-17-29(18-14-27)39-23-32(35)37-5-2/h6-18,24,30,33H,4-5,19-23H2,1-3H3. The lowest BCUT2D eigenvalue weighted by atomic mass is 9.84. The first-order chi connectivity index (χ1) is 19.0. The molecule has 0 heterocycles. The minimum absolute atomic E-state index is 0.117. The Morgan fingerprint density at radius 1 is 0.718 bits per heavy atom. The maximum Gasteiger partial charge on any atom is 0.344 e. The minimum atomic E-state index is -0.387. The van der Waals surface area contributed by atoms with Crippen LogP contribution in [0.15, 0.2) is 78.9 Å². The predicted octanol–water partition coefficient (Wildman–Crippen LogP) is 5.52. The molecular formula is C32H39NO6. The average molecular weight is 534 g/mol. The molecule has 1 N–H and O–H groups in total. The molecule has 0 aliphatic rings. The third-order valence-corrected chi connectivity index (χ3v) is 6.19. The van der Waals surface area contributed by atoms with Crippen molar-refractivity contribution >= 4 is 11.9 Å². The molecule has 7 heteroatoms. The molecular weight excluding hydrogens is 494 g/mol. The summed E-state index contributed by atoms with van der Waals surface area (Å²) in [5.74, 6) is 0.995. The van der Waals surface area contributed by atoms with Gasteiger partial charge in [-0.3, -0.25) is 0 Å². The molecule has 208 valence electrons. The van der Waals surface area contributed by atoms with E-state index in [1.165, 1.54) is 5.56 Å². The van der Waals surface area contributed by atoms with Crippen molar-refractivity contribution < 1.29 is 28.5 Å². The number of carbonyl (C=O) groups is 2. The fraction of sp³-hybridized carbons (Fsp3) is 0.375. The monoisotopic (exact) mass is 533 g/mol. The molecule has 1 atom stereocenters. The van der Waals surface area contributed by atoms with E-state index in [1.54, 1.807) is 13.8 Å². The summed E-state index contributed by atoms with van der Waals surface area (Å²) in [6.45, 7) is 7.91. The Hall–Kier alpha value is -3.84. The van der Waals surface area contributed by atoms with Crippen LogP contribution in [0.3, 0.4) is 0 Å². The first kappa shape index (κ1) is 29.7. The van der Waals surface area contributed by atoms with Crippen LogP contribution in [0.5, 0.6) is 11.5 Å². The van der Waals surface area contributed by atoms with E-state index in [9.17, 15) is 9.59 Å². The highest BCUT2D eigenvalue weighted by molar-refractivity contribution is 5.71. The molecule has 39 heavy (non-hydrogen) atoms. The summed E-state index contributed by atoms with van der Waals surface area (Å²) in [5, 5.41) is 3.58. The maximum atomic E-state index is 11.6. The lowest BCUT2D eigenvalue weighted by molar-refractivity contribution is -0.146. The Morgan fingerprint density at radius 3 is 1.67 bits per heavy atom. The maximum absolute atomic E-state index is 11.6. The second-order valence-corrected chi connectivity index (χ2v) is 9.34. The highest BCUT2D eigenvalue weighted by atomic mass is 16.6. The first-order valence-electron chi connectivity index (χ1n) is 13.5. The van der Waals surface area contributed by atoms with Gasteiger partial charge in [0.05, 0.1) is 13.2 Å². The Kier molecular flexibility index (Phi) is 12.3. The van der Waals surface area contributed by atoms with Gasteiger partial charge in [-0.15, -0.1) is 0 Å². The number of esters is 2. The summed E-state index contributed by atoms with van der Waals surface area (Å²) in [4.78, 5) is 23.3. The Morgan fingerprint density at radius 2 is 1.21 bits per heavy atom. The Labute approximate surface area is 231 Å². The zero-order valence-electron chi connectivity index (χ0n) is 23.1. The van der Waals surface area contributed by atoms with Gasteiger partial charge in [0.15, 0.2) is 13.2 Å². The summed E-state index contributed by atoms with van der Waals surface area (Å²) in [6.07, 6.45) is 0.924. The van der Waals surface area contributed by atoms with Crippen molar-refractivity contribution in [3.8, 4) is 11.5 Å². The second kappa shape index (κ2) is 16.2. The van der Waals surface area contributed by atoms with Gasteiger partial charge < -0.3 is 24.3 Å². The molecule has 0 spiro atoms. The molecule has 3 rings (SSSR count). The van der Waals surface area contributed by atoms with Crippen LogP contribution in [0.1, 0.15) is 49.8 Å². The first-order valence-corrected chi connectivity index (χ1v) is 13.5. The van der Waals surface area contributed by atoms with Crippen molar-refractivity contribution in [3.63, 3.8) is 0 Å². The highest BCUT2D eigenvalue weighted by Gasteiger charge is 2.19. The molecule has 0 aliphatic carbocycles. The molecule has 0 aromatic heterocycles. The van der Waals surface area contributed by atoms with Gasteiger partial charge in [0.25, 0.3) is 0 Å². The number of nitrogens with one attached hydrogen (secondary N) is 1. The normalized spacial score (nSPS) is 11.6. The molecule has 0 amide bonds. The molecule has 1 unspecified atom stereocenters. The molecule has 0 fully saturated rings. The third kappa shape index (κ3) is 10.4. The van der Waals surface area contributed by atoms with Crippen LogP contribution in [0.2, 0.25) is 0 Å². The number of carbonyl (C=O) groups excluding carboxylic acids is 2. The van der Waals surface area contributed by atoms with Gasteiger partial charge in [-0.2, -0.15) is 0 Å². The smallest absolute Gasteiger partial charge is 0.344 e. The van der Waals surface area contributed by atoms with Crippen molar-refractivity contribution in [3.05, 3.63) is 95.6 Å². The van der Waals surface area contributed by atoms with Crippen LogP contribution in [-0.2, 0) is 25.6 Å². The van der Waals surface area contributed by atoms with E-state index in [0.29, 0.717) is 30.6 Å². The van der Waals surface area contributed by atoms with Crippen molar-refractivity contribution in [2.45, 2.75) is 39.7 Å². The van der Waals surface area contributed by atoms with Gasteiger partial charge in [0.1, 0.15) is 11.5 Å². The van der Waals surface area contributed by atoms with Crippen LogP contribution in [0, 0.1) is 5.92 Å². The van der Waals surface area contributed by atoms with Crippen molar-refractivity contribution in [2.24, 2.45) is 5.92 Å². The van der Waals surface area contributed by atoms with Gasteiger partial charge in [-0.05, 0) is 73.7 Å². The van der Waals surface area contributed by atoms with Crippen molar-refractivity contribution in [1.29, 1.82) is 0 Å². The molecule has 3 aromatic carbocycles. The molecule has 7 nitrogen and oxygen atoms in total. The van der Waals surface area contributed by atoms with E-state index in [1.807, 2.05) is 54.6 Å². The van der Waals surface area contributed by atoms with Crippen molar-refractivity contribution in [1.82, 2.24) is 5.32 Å². The van der Waals surface area contributed by atoms with Crippen molar-refractivity contribution in [2.75, 3.05) is 33.0 Å². The van der Waals surface area contributed by atoms with Gasteiger partial charge >= 0.3 is 11.9 Å². The zero-order chi connectivity index (χ0) is 27.9. The van der Waals surface area contributed by atoms with Gasteiger partial charge in [0.2, 0.25) is 0 Å². The van der Waals surface area contributed by atoms with E-state index in [0.717, 1.165) is 30.6 Å². The summed E-state index contributed by atoms with van der Waals surface area (Å²) in [5.41, 5.74) is 3.56. The Bertz CT molecular complexity index is 1070. The lowest BCUT2D eigenvalue weighted by Crippen LogP contribution is -2.22. The number of hydrogen-bond donors (Lipinski definition) is 1. The van der Waals surface area contributed by atoms with Crippen LogP contribution in [0.4, 0.5) is 0 Å². The molecule has 0 saturated carbocycles. The zero-order valence-corrected chi connectivity index (χ0v) is 23.1. The minimum Gasteiger partial charge on any atom is -0.482 e. The summed E-state index contributed by atoms with van der Waals surface area (Å²) < 4.78 is 21.0. The third-order valence-electron chi connectivity index (χ3n) is 6.19. The molecule has 0 radical (unpaired) electrons. The van der Waals surface area contributed by atoms with E-state index in [4.69, 9.17) is 18.9 Å². The number of ether oxygens (including phenoxy) is 4. The van der Waals surface area contributed by atoms with E-state index >= 15 is 0 Å². The summed E-state index contributed by atoms with van der Waals surface area (Å²) in [6, 6.07) is 26.1. The fourth-order valence-electron chi connectivity index (χ4n) is 4.29. The number of hydrogen-bond acceptors (Lipinski definition) is 7. The van der Waals surface area contributed by atoms with Crippen LogP contribution in [0.25, 0.3) is 0 Å². The van der Waals surface area contributed by atoms with E-state index < -0.39 is 0 Å². The number of benzene rings is 3. The highest BCUT2D eigenvalue weighted by Crippen LogP contribution is 2.33. The summed E-state index contributed by atoms with van der Waals surface area (Å²) >= 11 is 0. The molecule has 0 saturated heterocycles. The molecule has 0 aliphatic heterocycles. The van der Waals surface area contributed by atoms with Crippen LogP contribution in [-0.4, -0.2) is 44.9 Å². The SMILES string of the molecule is CCOC(=O)COc1ccc(C(CC(C)CNCc2ccccc2)c2ccc(OCC(=O)OCC)cc2)cc1. The van der Waals surface area contributed by atoms with Gasteiger partial charge in [0, 0.05) is 12.5 Å². The van der Waals surface area contributed by atoms with Crippen LogP contribution >= 0.6 is 0 Å². The fourth-order valence-corrected chi connectivity index (χ4v) is 4.29.